The zero-order chi connectivity index (χ0) is 12.7. The van der Waals surface area contributed by atoms with E-state index < -0.39 is 6.09 Å². The third-order valence-corrected chi connectivity index (χ3v) is 1.86. The number of carbonyl (C=O) groups excluding carboxylic acids is 1. The van der Waals surface area contributed by atoms with Gasteiger partial charge >= 0.3 is 6.09 Å². The molecule has 0 aliphatic heterocycles. The molecule has 0 spiro atoms. The number of carbonyl (C=O) groups is 1. The topological polar surface area (TPSA) is 96.3 Å². The van der Waals surface area contributed by atoms with E-state index in [1.165, 1.54) is 13.2 Å². The first kappa shape index (κ1) is 12.7. The second-order valence-corrected chi connectivity index (χ2v) is 2.92. The third-order valence-electron chi connectivity index (χ3n) is 1.86. The molecule has 7 nitrogen and oxygen atoms in total. The van der Waals surface area contributed by atoms with E-state index >= 15 is 0 Å². The Labute approximate surface area is 98.0 Å². The van der Waals surface area contributed by atoms with Crippen molar-refractivity contribution in [2.45, 2.75) is 6.92 Å². The maximum Gasteiger partial charge on any atom is 0.411 e. The molecular weight excluding hydrogens is 224 g/mol. The largest absolute Gasteiger partial charge is 0.495 e. The van der Waals surface area contributed by atoms with Gasteiger partial charge in [0.05, 0.1) is 19.4 Å². The molecule has 1 N–H and O–H groups in total. The van der Waals surface area contributed by atoms with E-state index in [-0.39, 0.29) is 6.61 Å². The first-order chi connectivity index (χ1) is 8.21. The number of anilines is 1. The molecule has 0 unspecified atom stereocenters. The lowest BCUT2D eigenvalue weighted by atomic mass is 10.2. The molecule has 0 radical (unpaired) electrons. The molecule has 1 amide bonds. The van der Waals surface area contributed by atoms with Crippen LogP contribution < -0.4 is 10.1 Å². The van der Waals surface area contributed by atoms with Crippen molar-refractivity contribution < 1.29 is 14.3 Å². The molecule has 0 atom stereocenters. The number of methoxy groups -OCH3 is 1. The van der Waals surface area contributed by atoms with Crippen molar-refractivity contribution >= 4 is 17.5 Å². The van der Waals surface area contributed by atoms with E-state index in [9.17, 15) is 4.79 Å². The number of rotatable bonds is 4. The third kappa shape index (κ3) is 3.58. The average molecular weight is 236 g/mol. The number of benzene rings is 1. The highest BCUT2D eigenvalue weighted by molar-refractivity contribution is 5.87. The van der Waals surface area contributed by atoms with Crippen LogP contribution in [0.3, 0.4) is 0 Å². The van der Waals surface area contributed by atoms with Gasteiger partial charge in [-0.25, -0.2) is 4.79 Å². The highest BCUT2D eigenvalue weighted by Gasteiger charge is 2.08. The van der Waals surface area contributed by atoms with Crippen LogP contribution in [-0.2, 0) is 4.74 Å². The summed E-state index contributed by atoms with van der Waals surface area (Å²) in [5.41, 5.74) is 9.14. The molecule has 90 valence electrons. The molecule has 0 saturated carbocycles. The molecule has 17 heavy (non-hydrogen) atoms. The minimum Gasteiger partial charge on any atom is -0.495 e. The molecule has 1 aromatic carbocycles. The van der Waals surface area contributed by atoms with E-state index in [0.717, 1.165) is 0 Å². The van der Waals surface area contributed by atoms with Gasteiger partial charge in [0, 0.05) is 10.6 Å². The number of nitrogens with one attached hydrogen (secondary N) is 1. The summed E-state index contributed by atoms with van der Waals surface area (Å²) in [5, 5.41) is 5.94. The van der Waals surface area contributed by atoms with Crippen LogP contribution in [0.15, 0.2) is 23.3 Å². The van der Waals surface area contributed by atoms with Crippen LogP contribution in [0.4, 0.5) is 16.2 Å². The average Bonchev–Trinajstić information content (AvgIpc) is 2.31. The maximum absolute atomic E-state index is 11.2. The Morgan fingerprint density at radius 1 is 1.59 bits per heavy atom. The normalized spacial score (nSPS) is 9.06. The number of hydrogen-bond acceptors (Lipinski definition) is 4. The van der Waals surface area contributed by atoms with E-state index in [2.05, 4.69) is 15.3 Å². The lowest BCUT2D eigenvalue weighted by molar-refractivity contribution is 0.168. The summed E-state index contributed by atoms with van der Waals surface area (Å²) in [7, 11) is 1.45. The van der Waals surface area contributed by atoms with Gasteiger partial charge in [-0.2, -0.15) is 0 Å². The maximum atomic E-state index is 11.2. The molecular formula is C10H12N4O3. The van der Waals surface area contributed by atoms with Crippen LogP contribution in [0.25, 0.3) is 10.4 Å². The minimum absolute atomic E-state index is 0.283. The summed E-state index contributed by atoms with van der Waals surface area (Å²) in [4.78, 5) is 13.9. The number of azide groups is 1. The van der Waals surface area contributed by atoms with E-state index in [1.807, 2.05) is 0 Å². The second kappa shape index (κ2) is 6.24. The van der Waals surface area contributed by atoms with Crippen LogP contribution >= 0.6 is 0 Å². The van der Waals surface area contributed by atoms with Gasteiger partial charge in [0.15, 0.2) is 0 Å². The molecule has 1 rings (SSSR count). The van der Waals surface area contributed by atoms with Crippen molar-refractivity contribution in [1.82, 2.24) is 0 Å². The first-order valence-electron chi connectivity index (χ1n) is 4.88. The molecule has 0 aliphatic carbocycles. The van der Waals surface area contributed by atoms with Gasteiger partial charge in [-0.3, -0.25) is 5.32 Å². The summed E-state index contributed by atoms with van der Waals surface area (Å²) >= 11 is 0. The lowest BCUT2D eigenvalue weighted by Crippen LogP contribution is -2.13. The summed E-state index contributed by atoms with van der Waals surface area (Å²) in [6.45, 7) is 1.99. The fraction of sp³-hybridized carbons (Fsp3) is 0.300. The quantitative estimate of drug-likeness (QED) is 0.493. The van der Waals surface area contributed by atoms with Gasteiger partial charge < -0.3 is 9.47 Å². The first-order valence-corrected chi connectivity index (χ1v) is 4.88. The number of ether oxygens (including phenoxy) is 2. The molecule has 0 aliphatic rings. The van der Waals surface area contributed by atoms with Crippen LogP contribution in [0.2, 0.25) is 0 Å². The second-order valence-electron chi connectivity index (χ2n) is 2.92. The Hall–Kier alpha value is -2.40. The van der Waals surface area contributed by atoms with E-state index in [4.69, 9.17) is 15.0 Å². The SMILES string of the molecule is CCOC(=O)Nc1ccc(N=[N+]=[N-])cc1OC. The van der Waals surface area contributed by atoms with Gasteiger partial charge in [-0.05, 0) is 24.6 Å². The highest BCUT2D eigenvalue weighted by Crippen LogP contribution is 2.29. The van der Waals surface area contributed by atoms with E-state index in [0.29, 0.717) is 17.1 Å². The molecule has 0 saturated heterocycles. The Bertz CT molecular complexity index is 455. The van der Waals surface area contributed by atoms with Crippen molar-refractivity contribution in [3.63, 3.8) is 0 Å². The van der Waals surface area contributed by atoms with Gasteiger partial charge in [0.2, 0.25) is 0 Å². The number of nitrogens with zero attached hydrogens (tertiary/aromatic N) is 3. The minimum atomic E-state index is -0.567. The number of amides is 1. The van der Waals surface area contributed by atoms with Gasteiger partial charge in [0.25, 0.3) is 0 Å². The van der Waals surface area contributed by atoms with Crippen LogP contribution in [0.1, 0.15) is 6.92 Å². The molecule has 0 bridgehead atoms. The monoisotopic (exact) mass is 236 g/mol. The van der Waals surface area contributed by atoms with Crippen molar-refractivity contribution in [3.05, 3.63) is 28.6 Å². The predicted molar refractivity (Wildman–Crippen MR) is 62.4 cm³/mol. The Morgan fingerprint density at radius 3 is 2.94 bits per heavy atom. The van der Waals surface area contributed by atoms with Gasteiger partial charge in [-0.15, -0.1) is 0 Å². The zero-order valence-corrected chi connectivity index (χ0v) is 9.51. The summed E-state index contributed by atoms with van der Waals surface area (Å²) in [5.74, 6) is 0.392. The Kier molecular flexibility index (Phi) is 4.65. The van der Waals surface area contributed by atoms with Crippen LogP contribution in [0.5, 0.6) is 5.75 Å². The van der Waals surface area contributed by atoms with Crippen molar-refractivity contribution in [3.8, 4) is 5.75 Å². The Morgan fingerprint density at radius 2 is 2.35 bits per heavy atom. The fourth-order valence-corrected chi connectivity index (χ4v) is 1.17. The highest BCUT2D eigenvalue weighted by atomic mass is 16.5. The number of hydrogen-bond donors (Lipinski definition) is 1. The summed E-state index contributed by atoms with van der Waals surface area (Å²) < 4.78 is 9.79. The summed E-state index contributed by atoms with van der Waals surface area (Å²) in [6.07, 6.45) is -0.567. The van der Waals surface area contributed by atoms with Crippen molar-refractivity contribution in [1.29, 1.82) is 0 Å². The molecule has 1 aromatic rings. The molecule has 7 heteroatoms. The summed E-state index contributed by atoms with van der Waals surface area (Å²) in [6, 6.07) is 4.64. The predicted octanol–water partition coefficient (Wildman–Crippen LogP) is 3.21. The fourth-order valence-electron chi connectivity index (χ4n) is 1.17. The lowest BCUT2D eigenvalue weighted by Gasteiger charge is -2.10. The van der Waals surface area contributed by atoms with Gasteiger partial charge in [-0.1, -0.05) is 11.2 Å². The smallest absolute Gasteiger partial charge is 0.411 e. The molecule has 0 heterocycles. The standard InChI is InChI=1S/C10H12N4O3/c1-3-17-10(15)12-8-5-4-7(13-14-11)6-9(8)16-2/h4-6H,3H2,1-2H3,(H,12,15). The van der Waals surface area contributed by atoms with Crippen LogP contribution in [-0.4, -0.2) is 19.8 Å². The molecule has 0 aromatic heterocycles. The Balaban J connectivity index is 2.92. The zero-order valence-electron chi connectivity index (χ0n) is 9.51. The van der Waals surface area contributed by atoms with Crippen LogP contribution in [0, 0.1) is 0 Å². The van der Waals surface area contributed by atoms with Crippen molar-refractivity contribution in [2.24, 2.45) is 5.11 Å². The van der Waals surface area contributed by atoms with Gasteiger partial charge in [0.1, 0.15) is 5.75 Å². The van der Waals surface area contributed by atoms with E-state index in [1.54, 1.807) is 19.1 Å². The van der Waals surface area contributed by atoms with Crippen molar-refractivity contribution in [2.75, 3.05) is 19.0 Å². The molecule has 0 fully saturated rings.